The molecule has 0 spiro atoms. The van der Waals surface area contributed by atoms with Gasteiger partial charge in [0.2, 0.25) is 0 Å². The number of carbonyl (C=O) groups is 3. The lowest BCUT2D eigenvalue weighted by atomic mass is 9.84. The molecule has 1 saturated carbocycles. The van der Waals surface area contributed by atoms with Gasteiger partial charge < -0.3 is 14.4 Å². The molecule has 1 N–H and O–H groups in total. The van der Waals surface area contributed by atoms with Gasteiger partial charge in [-0.05, 0) is 37.8 Å². The highest BCUT2D eigenvalue weighted by Crippen LogP contribution is 2.33. The summed E-state index contributed by atoms with van der Waals surface area (Å²) in [5, 5.41) is 15.0. The van der Waals surface area contributed by atoms with Crippen LogP contribution in [-0.4, -0.2) is 52.6 Å². The Morgan fingerprint density at radius 2 is 1.90 bits per heavy atom. The maximum atomic E-state index is 13.1. The van der Waals surface area contributed by atoms with E-state index in [4.69, 9.17) is 4.42 Å². The summed E-state index contributed by atoms with van der Waals surface area (Å²) in [6, 6.07) is 3.10. The normalized spacial score (nSPS) is 26.3. The summed E-state index contributed by atoms with van der Waals surface area (Å²) in [4.78, 5) is 39.0. The van der Waals surface area contributed by atoms with Crippen LogP contribution < -0.4 is 4.90 Å². The molecule has 1 amide bonds. The van der Waals surface area contributed by atoms with Gasteiger partial charge in [-0.25, -0.2) is 5.01 Å². The lowest BCUT2D eigenvalue weighted by Gasteiger charge is -2.33. The van der Waals surface area contributed by atoms with Crippen LogP contribution in [0.3, 0.4) is 0 Å². The molecule has 3 aliphatic rings. The van der Waals surface area contributed by atoms with Crippen LogP contribution in [0.1, 0.15) is 51.2 Å². The van der Waals surface area contributed by atoms with Gasteiger partial charge in [-0.15, -0.1) is 0 Å². The predicted molar refractivity (Wildman–Crippen MR) is 106 cm³/mol. The van der Waals surface area contributed by atoms with E-state index in [2.05, 4.69) is 10.0 Å². The van der Waals surface area contributed by atoms with Crippen molar-refractivity contribution < 1.29 is 23.9 Å². The SMILES string of the molecule is CC(=O)C1=NN(C2CCCCC2C(=O)O)C(=O)C1=Cc1ccc(N2CCCC2)o1. The monoisotopic (exact) mass is 399 g/mol. The first kappa shape index (κ1) is 19.4. The minimum Gasteiger partial charge on any atom is -0.481 e. The van der Waals surface area contributed by atoms with Gasteiger partial charge in [0.1, 0.15) is 11.5 Å². The highest BCUT2D eigenvalue weighted by molar-refractivity contribution is 6.53. The summed E-state index contributed by atoms with van der Waals surface area (Å²) in [5.74, 6) is -1.15. The summed E-state index contributed by atoms with van der Waals surface area (Å²) < 4.78 is 5.86. The molecule has 2 fully saturated rings. The maximum absolute atomic E-state index is 13.1. The Morgan fingerprint density at radius 1 is 1.17 bits per heavy atom. The number of furan rings is 1. The molecular weight excluding hydrogens is 374 g/mol. The number of ketones is 1. The molecule has 1 saturated heterocycles. The molecular formula is C21H25N3O5. The van der Waals surface area contributed by atoms with Crippen LogP contribution in [0.5, 0.6) is 0 Å². The second kappa shape index (κ2) is 7.85. The Labute approximate surface area is 168 Å². The van der Waals surface area contributed by atoms with Gasteiger partial charge in [0.15, 0.2) is 11.7 Å². The number of rotatable bonds is 5. The Hall–Kier alpha value is -2.90. The largest absolute Gasteiger partial charge is 0.481 e. The van der Waals surface area contributed by atoms with E-state index in [0.29, 0.717) is 18.6 Å². The number of hydrazone groups is 1. The second-order valence-electron chi connectivity index (χ2n) is 7.88. The molecule has 3 heterocycles. The number of nitrogens with zero attached hydrogens (tertiary/aromatic N) is 3. The topological polar surface area (TPSA) is 103 Å². The quantitative estimate of drug-likeness (QED) is 0.764. The highest BCUT2D eigenvalue weighted by atomic mass is 16.4. The van der Waals surface area contributed by atoms with Gasteiger partial charge >= 0.3 is 5.97 Å². The van der Waals surface area contributed by atoms with Crippen molar-refractivity contribution in [3.05, 3.63) is 23.5 Å². The second-order valence-corrected chi connectivity index (χ2v) is 7.88. The predicted octanol–water partition coefficient (Wildman–Crippen LogP) is 2.69. The average Bonchev–Trinajstić information content (AvgIpc) is 3.43. The molecule has 1 aromatic heterocycles. The molecule has 29 heavy (non-hydrogen) atoms. The van der Waals surface area contributed by atoms with Crippen LogP contribution in [0, 0.1) is 5.92 Å². The van der Waals surface area contributed by atoms with Crippen molar-refractivity contribution in [2.24, 2.45) is 11.0 Å². The van der Waals surface area contributed by atoms with Gasteiger partial charge in [0.05, 0.1) is 17.5 Å². The minimum atomic E-state index is -0.930. The molecule has 0 aromatic carbocycles. The number of Topliss-reactive ketones (excluding diaryl/α,β-unsaturated/α-hetero) is 1. The molecule has 4 rings (SSSR count). The van der Waals surface area contributed by atoms with Gasteiger partial charge in [0, 0.05) is 26.1 Å². The Bertz CT molecular complexity index is 894. The van der Waals surface area contributed by atoms with Crippen molar-refractivity contribution in [2.45, 2.75) is 51.5 Å². The van der Waals surface area contributed by atoms with Crippen LogP contribution in [-0.2, 0) is 14.4 Å². The molecule has 154 valence electrons. The summed E-state index contributed by atoms with van der Waals surface area (Å²) in [6.07, 6.45) is 6.50. The number of amides is 1. The molecule has 2 atom stereocenters. The molecule has 2 aliphatic heterocycles. The van der Waals surface area contributed by atoms with E-state index in [1.807, 2.05) is 6.07 Å². The van der Waals surface area contributed by atoms with Gasteiger partial charge in [-0.2, -0.15) is 5.10 Å². The lowest BCUT2D eigenvalue weighted by Crippen LogP contribution is -2.44. The average molecular weight is 399 g/mol. The summed E-state index contributed by atoms with van der Waals surface area (Å²) in [6.45, 7) is 3.24. The third-order valence-electron chi connectivity index (χ3n) is 5.91. The molecule has 2 unspecified atom stereocenters. The van der Waals surface area contributed by atoms with E-state index in [1.165, 1.54) is 11.9 Å². The first-order chi connectivity index (χ1) is 14.0. The number of hydrogen-bond acceptors (Lipinski definition) is 6. The van der Waals surface area contributed by atoms with E-state index in [1.54, 1.807) is 12.1 Å². The van der Waals surface area contributed by atoms with Crippen LogP contribution >= 0.6 is 0 Å². The Balaban J connectivity index is 1.62. The Morgan fingerprint density at radius 3 is 2.59 bits per heavy atom. The van der Waals surface area contributed by atoms with E-state index < -0.39 is 23.8 Å². The van der Waals surface area contributed by atoms with Gasteiger partial charge in [-0.1, -0.05) is 12.8 Å². The van der Waals surface area contributed by atoms with Gasteiger partial charge in [-0.3, -0.25) is 14.4 Å². The third kappa shape index (κ3) is 3.71. The smallest absolute Gasteiger partial charge is 0.308 e. The minimum absolute atomic E-state index is 0.0591. The number of anilines is 1. The van der Waals surface area contributed by atoms with Crippen LogP contribution in [0.25, 0.3) is 6.08 Å². The number of carboxylic acids is 1. The summed E-state index contributed by atoms with van der Waals surface area (Å²) in [7, 11) is 0. The fraction of sp³-hybridized carbons (Fsp3) is 0.524. The third-order valence-corrected chi connectivity index (χ3v) is 5.91. The molecule has 8 nitrogen and oxygen atoms in total. The van der Waals surface area contributed by atoms with Gasteiger partial charge in [0.25, 0.3) is 5.91 Å². The highest BCUT2D eigenvalue weighted by Gasteiger charge is 2.43. The van der Waals surface area contributed by atoms with Crippen molar-refractivity contribution in [3.8, 4) is 0 Å². The van der Waals surface area contributed by atoms with Crippen molar-refractivity contribution in [1.29, 1.82) is 0 Å². The van der Waals surface area contributed by atoms with E-state index in [-0.39, 0.29) is 17.1 Å². The first-order valence-corrected chi connectivity index (χ1v) is 10.2. The van der Waals surface area contributed by atoms with E-state index in [9.17, 15) is 19.5 Å². The summed E-state index contributed by atoms with van der Waals surface area (Å²) in [5.41, 5.74) is 0.221. The van der Waals surface area contributed by atoms with Crippen LogP contribution in [0.15, 0.2) is 27.2 Å². The fourth-order valence-corrected chi connectivity index (χ4v) is 4.41. The first-order valence-electron chi connectivity index (χ1n) is 10.2. The van der Waals surface area contributed by atoms with Crippen molar-refractivity contribution in [2.75, 3.05) is 18.0 Å². The molecule has 1 aliphatic carbocycles. The fourth-order valence-electron chi connectivity index (χ4n) is 4.41. The zero-order chi connectivity index (χ0) is 20.5. The van der Waals surface area contributed by atoms with E-state index >= 15 is 0 Å². The lowest BCUT2D eigenvalue weighted by molar-refractivity contribution is -0.147. The molecule has 1 aromatic rings. The standard InChI is InChI=1S/C21H25N3O5/c1-13(25)19-16(12-14-8-9-18(29-14)23-10-4-5-11-23)20(26)24(22-19)17-7-3-2-6-15(17)21(27)28/h8-9,12,15,17H,2-7,10-11H2,1H3,(H,27,28). The summed E-state index contributed by atoms with van der Waals surface area (Å²) >= 11 is 0. The maximum Gasteiger partial charge on any atom is 0.308 e. The van der Waals surface area contributed by atoms with Crippen molar-refractivity contribution >= 4 is 35.3 Å². The zero-order valence-corrected chi connectivity index (χ0v) is 16.5. The van der Waals surface area contributed by atoms with Crippen LogP contribution in [0.2, 0.25) is 0 Å². The zero-order valence-electron chi connectivity index (χ0n) is 16.5. The molecule has 0 radical (unpaired) electrons. The Kier molecular flexibility index (Phi) is 5.25. The van der Waals surface area contributed by atoms with Crippen molar-refractivity contribution in [1.82, 2.24) is 5.01 Å². The number of carbonyl (C=O) groups excluding carboxylic acids is 2. The van der Waals surface area contributed by atoms with Crippen molar-refractivity contribution in [3.63, 3.8) is 0 Å². The number of aliphatic carboxylic acids is 1. The number of hydrogen-bond donors (Lipinski definition) is 1. The molecule has 0 bridgehead atoms. The number of carboxylic acid groups (broad SMARTS) is 1. The van der Waals surface area contributed by atoms with E-state index in [0.717, 1.165) is 44.7 Å². The van der Waals surface area contributed by atoms with Crippen LogP contribution in [0.4, 0.5) is 5.88 Å². The molecule has 8 heteroatoms.